The highest BCUT2D eigenvalue weighted by Gasteiger charge is 2.16. The quantitative estimate of drug-likeness (QED) is 0.450. The average Bonchev–Trinajstić information content (AvgIpc) is 2.15. The number of terminal acetylenes is 1. The monoisotopic (exact) mass is 152 g/mol. The molecule has 0 radical (unpaired) electrons. The van der Waals surface area contributed by atoms with E-state index in [1.807, 2.05) is 0 Å². The van der Waals surface area contributed by atoms with Gasteiger partial charge in [-0.2, -0.15) is 0 Å². The fourth-order valence-corrected chi connectivity index (χ4v) is 1.79. The van der Waals surface area contributed by atoms with Crippen molar-refractivity contribution in [3.63, 3.8) is 0 Å². The van der Waals surface area contributed by atoms with Crippen LogP contribution in [0.3, 0.4) is 0 Å². The number of hydrogen-bond acceptors (Lipinski definition) is 1. The van der Waals surface area contributed by atoms with Gasteiger partial charge in [-0.15, -0.1) is 12.3 Å². The third-order valence-electron chi connectivity index (χ3n) is 2.41. The molecule has 1 heteroatoms. The second kappa shape index (κ2) is 4.41. The minimum atomic E-state index is -0.0872. The van der Waals surface area contributed by atoms with Gasteiger partial charge in [0.2, 0.25) is 0 Å². The van der Waals surface area contributed by atoms with Gasteiger partial charge in [0.1, 0.15) is 0 Å². The Kier molecular flexibility index (Phi) is 3.45. The number of rotatable bonds is 1. The zero-order valence-electron chi connectivity index (χ0n) is 6.92. The van der Waals surface area contributed by atoms with E-state index in [1.165, 1.54) is 19.3 Å². The molecule has 11 heavy (non-hydrogen) atoms. The standard InChI is InChI=1S/C10H16O/c1-2-5-9-6-3-4-7-10(11)8-9/h1,9-11H,3-8H2. The minimum absolute atomic E-state index is 0.0872. The zero-order chi connectivity index (χ0) is 8.10. The lowest BCUT2D eigenvalue weighted by molar-refractivity contribution is 0.142. The van der Waals surface area contributed by atoms with Crippen molar-refractivity contribution in [2.75, 3.05) is 0 Å². The van der Waals surface area contributed by atoms with Crippen molar-refractivity contribution >= 4 is 0 Å². The van der Waals surface area contributed by atoms with E-state index in [0.717, 1.165) is 19.3 Å². The first kappa shape index (κ1) is 8.62. The summed E-state index contributed by atoms with van der Waals surface area (Å²) < 4.78 is 0. The normalized spacial score (nSPS) is 32.4. The molecule has 62 valence electrons. The van der Waals surface area contributed by atoms with Crippen LogP contribution in [-0.2, 0) is 0 Å². The Balaban J connectivity index is 2.34. The molecule has 2 unspecified atom stereocenters. The highest BCUT2D eigenvalue weighted by molar-refractivity contribution is 4.88. The Hall–Kier alpha value is -0.480. The Bertz CT molecular complexity index is 145. The van der Waals surface area contributed by atoms with E-state index in [0.29, 0.717) is 5.92 Å². The highest BCUT2D eigenvalue weighted by atomic mass is 16.3. The van der Waals surface area contributed by atoms with Gasteiger partial charge in [-0.3, -0.25) is 0 Å². The molecule has 1 aliphatic rings. The van der Waals surface area contributed by atoms with Crippen LogP contribution in [0.25, 0.3) is 0 Å². The van der Waals surface area contributed by atoms with Crippen LogP contribution in [0.2, 0.25) is 0 Å². The van der Waals surface area contributed by atoms with E-state index in [4.69, 9.17) is 6.42 Å². The van der Waals surface area contributed by atoms with Crippen molar-refractivity contribution in [2.45, 2.75) is 44.6 Å². The molecule has 0 aliphatic heterocycles. The summed E-state index contributed by atoms with van der Waals surface area (Å²) in [6.07, 6.45) is 11.5. The van der Waals surface area contributed by atoms with E-state index < -0.39 is 0 Å². The molecule has 1 saturated carbocycles. The molecule has 0 amide bonds. The molecule has 0 heterocycles. The molecule has 1 fully saturated rings. The minimum Gasteiger partial charge on any atom is -0.393 e. The third kappa shape index (κ3) is 2.95. The number of hydrogen-bond donors (Lipinski definition) is 1. The first-order valence-electron chi connectivity index (χ1n) is 4.44. The maximum atomic E-state index is 9.42. The summed E-state index contributed by atoms with van der Waals surface area (Å²) in [6.45, 7) is 0. The van der Waals surface area contributed by atoms with Crippen LogP contribution in [0.15, 0.2) is 0 Å². The molecule has 1 rings (SSSR count). The van der Waals surface area contributed by atoms with Gasteiger partial charge in [-0.1, -0.05) is 12.8 Å². The van der Waals surface area contributed by atoms with Gasteiger partial charge in [0.25, 0.3) is 0 Å². The van der Waals surface area contributed by atoms with Crippen LogP contribution < -0.4 is 0 Å². The first-order chi connectivity index (χ1) is 5.33. The van der Waals surface area contributed by atoms with E-state index in [-0.39, 0.29) is 6.10 Å². The topological polar surface area (TPSA) is 20.2 Å². The van der Waals surface area contributed by atoms with Gasteiger partial charge in [0.15, 0.2) is 0 Å². The van der Waals surface area contributed by atoms with Crippen molar-refractivity contribution in [1.82, 2.24) is 0 Å². The van der Waals surface area contributed by atoms with Crippen molar-refractivity contribution in [2.24, 2.45) is 5.92 Å². The molecule has 1 nitrogen and oxygen atoms in total. The van der Waals surface area contributed by atoms with Gasteiger partial charge in [0.05, 0.1) is 6.10 Å². The van der Waals surface area contributed by atoms with Crippen LogP contribution in [0.1, 0.15) is 38.5 Å². The smallest absolute Gasteiger partial charge is 0.0543 e. The Labute approximate surface area is 68.8 Å². The Morgan fingerprint density at radius 2 is 2.09 bits per heavy atom. The molecule has 1 N–H and O–H groups in total. The molecule has 0 aromatic heterocycles. The summed E-state index contributed by atoms with van der Waals surface area (Å²) in [5.74, 6) is 3.26. The lowest BCUT2D eigenvalue weighted by atomic mass is 9.96. The predicted molar refractivity (Wildman–Crippen MR) is 46.0 cm³/mol. The average molecular weight is 152 g/mol. The van der Waals surface area contributed by atoms with Gasteiger partial charge in [0, 0.05) is 6.42 Å². The summed E-state index contributed by atoms with van der Waals surface area (Å²) in [7, 11) is 0. The third-order valence-corrected chi connectivity index (χ3v) is 2.41. The largest absolute Gasteiger partial charge is 0.393 e. The van der Waals surface area contributed by atoms with Crippen LogP contribution in [0, 0.1) is 18.3 Å². The molecular formula is C10H16O. The Morgan fingerprint density at radius 1 is 1.36 bits per heavy atom. The fourth-order valence-electron chi connectivity index (χ4n) is 1.79. The van der Waals surface area contributed by atoms with Gasteiger partial charge in [-0.05, 0) is 25.2 Å². The van der Waals surface area contributed by atoms with Crippen molar-refractivity contribution < 1.29 is 5.11 Å². The molecule has 0 spiro atoms. The predicted octanol–water partition coefficient (Wildman–Crippen LogP) is 1.95. The van der Waals surface area contributed by atoms with Crippen LogP contribution in [0.4, 0.5) is 0 Å². The van der Waals surface area contributed by atoms with Gasteiger partial charge >= 0.3 is 0 Å². The van der Waals surface area contributed by atoms with Gasteiger partial charge < -0.3 is 5.11 Å². The van der Waals surface area contributed by atoms with Crippen molar-refractivity contribution in [1.29, 1.82) is 0 Å². The fraction of sp³-hybridized carbons (Fsp3) is 0.800. The van der Waals surface area contributed by atoms with Crippen molar-refractivity contribution in [3.8, 4) is 12.3 Å². The van der Waals surface area contributed by atoms with Crippen LogP contribution >= 0.6 is 0 Å². The summed E-state index contributed by atoms with van der Waals surface area (Å²) in [4.78, 5) is 0. The van der Waals surface area contributed by atoms with E-state index in [2.05, 4.69) is 5.92 Å². The van der Waals surface area contributed by atoms with E-state index in [9.17, 15) is 5.11 Å². The second-order valence-corrected chi connectivity index (χ2v) is 3.45. The summed E-state index contributed by atoms with van der Waals surface area (Å²) in [5, 5.41) is 9.42. The molecular weight excluding hydrogens is 136 g/mol. The van der Waals surface area contributed by atoms with Crippen LogP contribution in [0.5, 0.6) is 0 Å². The number of aliphatic hydroxyl groups is 1. The lowest BCUT2D eigenvalue weighted by Crippen LogP contribution is -2.09. The molecule has 0 aromatic rings. The highest BCUT2D eigenvalue weighted by Crippen LogP contribution is 2.25. The molecule has 0 saturated heterocycles. The Morgan fingerprint density at radius 3 is 2.82 bits per heavy atom. The van der Waals surface area contributed by atoms with E-state index >= 15 is 0 Å². The molecule has 1 aliphatic carbocycles. The van der Waals surface area contributed by atoms with E-state index in [1.54, 1.807) is 0 Å². The molecule has 0 bridgehead atoms. The summed E-state index contributed by atoms with van der Waals surface area (Å²) >= 11 is 0. The maximum Gasteiger partial charge on any atom is 0.0543 e. The van der Waals surface area contributed by atoms with Crippen molar-refractivity contribution in [3.05, 3.63) is 0 Å². The van der Waals surface area contributed by atoms with Crippen LogP contribution in [-0.4, -0.2) is 11.2 Å². The zero-order valence-corrected chi connectivity index (χ0v) is 6.92. The summed E-state index contributed by atoms with van der Waals surface area (Å²) in [5.41, 5.74) is 0. The molecule has 2 atom stereocenters. The second-order valence-electron chi connectivity index (χ2n) is 3.45. The SMILES string of the molecule is C#CCC1CCCCC(O)C1. The summed E-state index contributed by atoms with van der Waals surface area (Å²) in [6, 6.07) is 0. The number of aliphatic hydroxyl groups excluding tert-OH is 1. The molecule has 0 aromatic carbocycles. The lowest BCUT2D eigenvalue weighted by Gasteiger charge is -2.12. The first-order valence-corrected chi connectivity index (χ1v) is 4.44. The maximum absolute atomic E-state index is 9.42. The van der Waals surface area contributed by atoms with Gasteiger partial charge in [-0.25, -0.2) is 0 Å².